The standard InChI is InChI=1S/C22H26N4O/c1-15(2)27-20-11-9-19(10-12-20)26-22-13-21(24-17(4)25-22)23-14-18-7-5-16(3)6-8-18/h5-13,15H,14H2,1-4H3,(H2,23,24,25,26). The summed E-state index contributed by atoms with van der Waals surface area (Å²) in [6.45, 7) is 8.73. The van der Waals surface area contributed by atoms with E-state index in [4.69, 9.17) is 4.74 Å². The molecular formula is C22H26N4O. The van der Waals surface area contributed by atoms with E-state index in [0.29, 0.717) is 5.82 Å². The minimum absolute atomic E-state index is 0.162. The first kappa shape index (κ1) is 18.7. The molecule has 1 aromatic heterocycles. The van der Waals surface area contributed by atoms with Gasteiger partial charge < -0.3 is 15.4 Å². The molecule has 5 heteroatoms. The molecule has 0 amide bonds. The number of nitrogens with one attached hydrogen (secondary N) is 2. The van der Waals surface area contributed by atoms with Crippen LogP contribution >= 0.6 is 0 Å². The van der Waals surface area contributed by atoms with E-state index in [1.165, 1.54) is 11.1 Å². The number of anilines is 3. The van der Waals surface area contributed by atoms with Crippen molar-refractivity contribution in [2.45, 2.75) is 40.3 Å². The molecule has 0 aliphatic rings. The van der Waals surface area contributed by atoms with Crippen LogP contribution in [-0.4, -0.2) is 16.1 Å². The normalized spacial score (nSPS) is 10.7. The second kappa shape index (κ2) is 8.54. The molecule has 1 heterocycles. The molecule has 0 fully saturated rings. The van der Waals surface area contributed by atoms with Gasteiger partial charge in [0.1, 0.15) is 23.2 Å². The Hall–Kier alpha value is -3.08. The molecule has 0 atom stereocenters. The van der Waals surface area contributed by atoms with Gasteiger partial charge in [-0.2, -0.15) is 0 Å². The number of nitrogens with zero attached hydrogens (tertiary/aromatic N) is 2. The average Bonchev–Trinajstić information content (AvgIpc) is 2.62. The first-order valence-corrected chi connectivity index (χ1v) is 9.17. The maximum atomic E-state index is 5.68. The van der Waals surface area contributed by atoms with E-state index >= 15 is 0 Å². The first-order valence-electron chi connectivity index (χ1n) is 9.17. The Labute approximate surface area is 160 Å². The largest absolute Gasteiger partial charge is 0.491 e. The maximum Gasteiger partial charge on any atom is 0.136 e. The Kier molecular flexibility index (Phi) is 5.91. The molecular weight excluding hydrogens is 336 g/mol. The van der Waals surface area contributed by atoms with Crippen molar-refractivity contribution in [3.63, 3.8) is 0 Å². The molecule has 3 rings (SSSR count). The van der Waals surface area contributed by atoms with Crippen molar-refractivity contribution in [3.8, 4) is 5.75 Å². The molecule has 5 nitrogen and oxygen atoms in total. The minimum atomic E-state index is 0.162. The van der Waals surface area contributed by atoms with Gasteiger partial charge in [0.05, 0.1) is 6.10 Å². The van der Waals surface area contributed by atoms with E-state index < -0.39 is 0 Å². The highest BCUT2D eigenvalue weighted by molar-refractivity contribution is 5.60. The Morgan fingerprint density at radius 3 is 2.22 bits per heavy atom. The molecule has 0 saturated carbocycles. The SMILES string of the molecule is Cc1ccc(CNc2cc(Nc3ccc(OC(C)C)cc3)nc(C)n2)cc1. The zero-order valence-corrected chi connectivity index (χ0v) is 16.3. The Morgan fingerprint density at radius 1 is 0.889 bits per heavy atom. The molecule has 2 N–H and O–H groups in total. The van der Waals surface area contributed by atoms with E-state index in [1.54, 1.807) is 0 Å². The molecule has 27 heavy (non-hydrogen) atoms. The third-order valence-corrected chi connectivity index (χ3v) is 3.93. The lowest BCUT2D eigenvalue weighted by Crippen LogP contribution is -2.06. The summed E-state index contributed by atoms with van der Waals surface area (Å²) in [6.07, 6.45) is 0.162. The summed E-state index contributed by atoms with van der Waals surface area (Å²) in [5.74, 6) is 3.12. The van der Waals surface area contributed by atoms with Crippen molar-refractivity contribution in [1.82, 2.24) is 9.97 Å². The average molecular weight is 362 g/mol. The van der Waals surface area contributed by atoms with Gasteiger partial charge in [-0.15, -0.1) is 0 Å². The van der Waals surface area contributed by atoms with Crippen LogP contribution in [0.4, 0.5) is 17.3 Å². The van der Waals surface area contributed by atoms with Crippen LogP contribution in [0.25, 0.3) is 0 Å². The number of ether oxygens (including phenoxy) is 1. The van der Waals surface area contributed by atoms with Gasteiger partial charge in [-0.05, 0) is 57.5 Å². The number of rotatable bonds is 7. The highest BCUT2D eigenvalue weighted by Crippen LogP contribution is 2.21. The van der Waals surface area contributed by atoms with Gasteiger partial charge in [0.2, 0.25) is 0 Å². The minimum Gasteiger partial charge on any atom is -0.491 e. The van der Waals surface area contributed by atoms with E-state index in [1.807, 2.05) is 51.1 Å². The van der Waals surface area contributed by atoms with Crippen molar-refractivity contribution >= 4 is 17.3 Å². The van der Waals surface area contributed by atoms with Crippen LogP contribution in [0.5, 0.6) is 5.75 Å². The van der Waals surface area contributed by atoms with Gasteiger partial charge in [-0.3, -0.25) is 0 Å². The molecule has 0 radical (unpaired) electrons. The lowest BCUT2D eigenvalue weighted by molar-refractivity contribution is 0.242. The zero-order chi connectivity index (χ0) is 19.2. The van der Waals surface area contributed by atoms with Crippen LogP contribution in [0.2, 0.25) is 0 Å². The van der Waals surface area contributed by atoms with Crippen molar-refractivity contribution in [3.05, 3.63) is 71.5 Å². The first-order chi connectivity index (χ1) is 13.0. The number of aryl methyl sites for hydroxylation is 2. The van der Waals surface area contributed by atoms with E-state index in [-0.39, 0.29) is 6.10 Å². The monoisotopic (exact) mass is 362 g/mol. The lowest BCUT2D eigenvalue weighted by Gasteiger charge is -2.12. The molecule has 2 aromatic carbocycles. The molecule has 0 spiro atoms. The zero-order valence-electron chi connectivity index (χ0n) is 16.3. The van der Waals surface area contributed by atoms with Gasteiger partial charge in [0.25, 0.3) is 0 Å². The van der Waals surface area contributed by atoms with Gasteiger partial charge in [0, 0.05) is 18.3 Å². The van der Waals surface area contributed by atoms with Crippen molar-refractivity contribution in [2.24, 2.45) is 0 Å². The Morgan fingerprint density at radius 2 is 1.56 bits per heavy atom. The fourth-order valence-electron chi connectivity index (χ4n) is 2.66. The van der Waals surface area contributed by atoms with Gasteiger partial charge in [-0.25, -0.2) is 9.97 Å². The molecule has 140 valence electrons. The fraction of sp³-hybridized carbons (Fsp3) is 0.273. The summed E-state index contributed by atoms with van der Waals surface area (Å²) in [7, 11) is 0. The van der Waals surface area contributed by atoms with Gasteiger partial charge in [-0.1, -0.05) is 29.8 Å². The predicted molar refractivity (Wildman–Crippen MR) is 111 cm³/mol. The number of hydrogen-bond acceptors (Lipinski definition) is 5. The van der Waals surface area contributed by atoms with Crippen molar-refractivity contribution in [2.75, 3.05) is 10.6 Å². The number of hydrogen-bond donors (Lipinski definition) is 2. The van der Waals surface area contributed by atoms with Crippen LogP contribution in [0, 0.1) is 13.8 Å². The summed E-state index contributed by atoms with van der Waals surface area (Å²) in [5, 5.41) is 6.69. The second-order valence-corrected chi connectivity index (χ2v) is 6.84. The molecule has 0 unspecified atom stereocenters. The summed E-state index contributed by atoms with van der Waals surface area (Å²) >= 11 is 0. The summed E-state index contributed by atoms with van der Waals surface area (Å²) < 4.78 is 5.68. The smallest absolute Gasteiger partial charge is 0.136 e. The lowest BCUT2D eigenvalue weighted by atomic mass is 10.1. The molecule has 0 aliphatic carbocycles. The highest BCUT2D eigenvalue weighted by Gasteiger charge is 2.04. The topological polar surface area (TPSA) is 59.1 Å². The summed E-state index contributed by atoms with van der Waals surface area (Å²) in [5.41, 5.74) is 3.42. The van der Waals surface area contributed by atoms with Crippen LogP contribution in [0.3, 0.4) is 0 Å². The quantitative estimate of drug-likeness (QED) is 0.602. The third kappa shape index (κ3) is 5.71. The van der Waals surface area contributed by atoms with Crippen LogP contribution in [0.1, 0.15) is 30.8 Å². The molecule has 0 bridgehead atoms. The van der Waals surface area contributed by atoms with Crippen molar-refractivity contribution < 1.29 is 4.74 Å². The Bertz CT molecular complexity index is 874. The van der Waals surface area contributed by atoms with Crippen LogP contribution in [0.15, 0.2) is 54.6 Å². The maximum absolute atomic E-state index is 5.68. The van der Waals surface area contributed by atoms with Gasteiger partial charge in [0.15, 0.2) is 0 Å². The van der Waals surface area contributed by atoms with Gasteiger partial charge >= 0.3 is 0 Å². The third-order valence-electron chi connectivity index (χ3n) is 3.93. The van der Waals surface area contributed by atoms with E-state index in [2.05, 4.69) is 51.8 Å². The molecule has 3 aromatic rings. The number of aromatic nitrogens is 2. The van der Waals surface area contributed by atoms with E-state index in [9.17, 15) is 0 Å². The van der Waals surface area contributed by atoms with Crippen LogP contribution in [-0.2, 0) is 6.54 Å². The second-order valence-electron chi connectivity index (χ2n) is 6.84. The summed E-state index contributed by atoms with van der Waals surface area (Å²) in [4.78, 5) is 8.95. The predicted octanol–water partition coefficient (Wildman–Crippen LogP) is 5.24. The fourth-order valence-corrected chi connectivity index (χ4v) is 2.66. The Balaban J connectivity index is 1.66. The highest BCUT2D eigenvalue weighted by atomic mass is 16.5. The molecule has 0 saturated heterocycles. The summed E-state index contributed by atoms with van der Waals surface area (Å²) in [6, 6.07) is 18.2. The van der Waals surface area contributed by atoms with E-state index in [0.717, 1.165) is 29.6 Å². The number of benzene rings is 2. The molecule has 0 aliphatic heterocycles. The van der Waals surface area contributed by atoms with Crippen LogP contribution < -0.4 is 15.4 Å². The van der Waals surface area contributed by atoms with Crippen molar-refractivity contribution in [1.29, 1.82) is 0 Å².